The first-order valence-electron chi connectivity index (χ1n) is 3.54. The number of guanidine groups is 2. The van der Waals surface area contributed by atoms with Crippen LogP contribution < -0.4 is 11.1 Å². The zero-order valence-electron chi connectivity index (χ0n) is 6.67. The lowest BCUT2D eigenvalue weighted by Crippen LogP contribution is -2.49. The topological polar surface area (TPSA) is 135 Å². The molecule has 9 nitrogen and oxygen atoms in total. The number of carbonyl (C=O) groups is 1. The zero-order valence-corrected chi connectivity index (χ0v) is 6.67. The van der Waals surface area contributed by atoms with E-state index < -0.39 is 22.8 Å². The summed E-state index contributed by atoms with van der Waals surface area (Å²) in [5.41, 5.74) is 5.22. The van der Waals surface area contributed by atoms with Crippen LogP contribution in [0.5, 0.6) is 0 Å². The Morgan fingerprint density at radius 2 is 2.21 bits per heavy atom. The maximum Gasteiger partial charge on any atom is 0.466 e. The smallest absolute Gasteiger partial charge is 0.390 e. The number of nitrogens with zero attached hydrogens (tertiary/aromatic N) is 4. The SMILES string of the molecule is NC1=N[13C]2=N[13C]([N+](=O)[O-])=[15N]C2C(=O)N1. The Kier molecular flexibility index (Phi) is 1.53. The van der Waals surface area contributed by atoms with Crippen molar-refractivity contribution < 1.29 is 9.72 Å². The predicted octanol–water partition coefficient (Wildman–Crippen LogP) is -2.16. The number of fused-ring (bicyclic) bond motifs is 1. The van der Waals surface area contributed by atoms with Crippen molar-refractivity contribution in [3.63, 3.8) is 0 Å². The van der Waals surface area contributed by atoms with E-state index in [2.05, 4.69) is 20.3 Å². The van der Waals surface area contributed by atoms with Crippen molar-refractivity contribution in [3.8, 4) is 0 Å². The summed E-state index contributed by atoms with van der Waals surface area (Å²) in [6.07, 6.45) is 0. The van der Waals surface area contributed by atoms with Gasteiger partial charge in [-0.15, -0.1) is 0 Å². The van der Waals surface area contributed by atoms with E-state index in [1.54, 1.807) is 0 Å². The number of nitrogens with two attached hydrogens (primary N) is 1. The molecule has 0 aromatic rings. The third kappa shape index (κ3) is 1.11. The number of amides is 1. The molecule has 3 N–H and O–H groups in total. The molecular formula is C5H4N6O3. The zero-order chi connectivity index (χ0) is 10.3. The molecule has 2 heterocycles. The van der Waals surface area contributed by atoms with E-state index in [-0.39, 0.29) is 11.8 Å². The molecule has 2 aliphatic rings. The molecule has 1 atom stereocenters. The fourth-order valence-electron chi connectivity index (χ4n) is 1.06. The molecule has 2 rings (SSSR count). The normalized spacial score (nSPS) is 24.4. The number of nitro groups is 1. The Balaban J connectivity index is 2.41. The van der Waals surface area contributed by atoms with Crippen molar-refractivity contribution in [3.05, 3.63) is 10.1 Å². The van der Waals surface area contributed by atoms with Crippen molar-refractivity contribution in [1.29, 1.82) is 0 Å². The van der Waals surface area contributed by atoms with E-state index in [0.29, 0.717) is 0 Å². The van der Waals surface area contributed by atoms with Crippen LogP contribution in [0, 0.1) is 10.1 Å². The van der Waals surface area contributed by atoms with Crippen LogP contribution in [0.25, 0.3) is 0 Å². The Labute approximate surface area is 76.6 Å². The summed E-state index contributed by atoms with van der Waals surface area (Å²) in [7, 11) is 0. The van der Waals surface area contributed by atoms with E-state index in [1.165, 1.54) is 0 Å². The van der Waals surface area contributed by atoms with Crippen molar-refractivity contribution in [2.45, 2.75) is 6.04 Å². The van der Waals surface area contributed by atoms with E-state index in [0.717, 1.165) is 0 Å². The van der Waals surface area contributed by atoms with Gasteiger partial charge in [0, 0.05) is 0 Å². The first-order valence-corrected chi connectivity index (χ1v) is 3.54. The fourth-order valence-corrected chi connectivity index (χ4v) is 1.06. The molecule has 0 aliphatic carbocycles. The molecule has 1 unspecified atom stereocenters. The van der Waals surface area contributed by atoms with Crippen LogP contribution in [0.4, 0.5) is 0 Å². The van der Waals surface area contributed by atoms with E-state index >= 15 is 0 Å². The molecule has 0 radical (unpaired) electrons. The van der Waals surface area contributed by atoms with Crippen LogP contribution in [0.1, 0.15) is 0 Å². The lowest BCUT2D eigenvalue weighted by molar-refractivity contribution is -0.351. The molecular weight excluding hydrogens is 195 g/mol. The third-order valence-corrected chi connectivity index (χ3v) is 1.60. The summed E-state index contributed by atoms with van der Waals surface area (Å²) in [4.78, 5) is 31.2. The highest BCUT2D eigenvalue weighted by atomic mass is 16.7. The highest BCUT2D eigenvalue weighted by Gasteiger charge is 2.42. The Hall–Kier alpha value is -2.32. The molecule has 2 aliphatic heterocycles. The Bertz CT molecular complexity index is 421. The van der Waals surface area contributed by atoms with Crippen LogP contribution in [-0.2, 0) is 4.79 Å². The second-order valence-corrected chi connectivity index (χ2v) is 2.55. The predicted molar refractivity (Wildman–Crippen MR) is 45.4 cm³/mol. The number of hydrogen-bond acceptors (Lipinski definition) is 7. The van der Waals surface area contributed by atoms with Crippen molar-refractivity contribution in [2.24, 2.45) is 20.7 Å². The molecule has 9 heteroatoms. The van der Waals surface area contributed by atoms with Gasteiger partial charge in [-0.2, -0.15) is 4.99 Å². The van der Waals surface area contributed by atoms with E-state index in [1.807, 2.05) is 0 Å². The molecule has 0 spiro atoms. The lowest BCUT2D eigenvalue weighted by atomic mass is 10.4. The standard InChI is InChI=1S/C5H4N6O3/c6-4-8-2-1(3(12)10-4)7-5(9-2)11(13)14/h1H,(H3,6,7,8,9,10,12)/i2+1,5+1,7+1. The Morgan fingerprint density at radius 1 is 1.50 bits per heavy atom. The third-order valence-electron chi connectivity index (χ3n) is 1.60. The van der Waals surface area contributed by atoms with Gasteiger partial charge in [-0.05, 0) is 9.92 Å². The quantitative estimate of drug-likeness (QED) is 0.199. The lowest BCUT2D eigenvalue weighted by Gasteiger charge is -2.09. The van der Waals surface area contributed by atoms with Crippen molar-refractivity contribution in [1.82, 2.24) is 5.32 Å². The molecule has 0 saturated carbocycles. The molecule has 0 fully saturated rings. The molecule has 72 valence electrons. The minimum absolute atomic E-state index is 0.0436. The van der Waals surface area contributed by atoms with Crippen molar-refractivity contribution in [2.75, 3.05) is 0 Å². The first-order chi connectivity index (χ1) is 6.58. The van der Waals surface area contributed by atoms with Crippen molar-refractivity contribution >= 4 is 23.7 Å². The van der Waals surface area contributed by atoms with Gasteiger partial charge in [0.2, 0.25) is 5.96 Å². The number of carbonyl (C=O) groups excluding carboxylic acids is 1. The van der Waals surface area contributed by atoms with Crippen LogP contribution in [-0.4, -0.2) is 34.6 Å². The molecule has 0 saturated heterocycles. The fraction of sp³-hybridized carbons (Fsp3) is 0.200. The second kappa shape index (κ2) is 2.58. The minimum atomic E-state index is -1.04. The van der Waals surface area contributed by atoms with E-state index in [9.17, 15) is 14.9 Å². The van der Waals surface area contributed by atoms with Gasteiger partial charge in [0.25, 0.3) is 17.8 Å². The summed E-state index contributed by atoms with van der Waals surface area (Å²) in [6.45, 7) is 0. The summed E-state index contributed by atoms with van der Waals surface area (Å²) < 4.78 is 0. The van der Waals surface area contributed by atoms with Gasteiger partial charge < -0.3 is 15.8 Å². The van der Waals surface area contributed by atoms with Gasteiger partial charge >= 0.3 is 5.96 Å². The van der Waals surface area contributed by atoms with Crippen LogP contribution in [0.15, 0.2) is 15.0 Å². The van der Waals surface area contributed by atoms with Gasteiger partial charge in [0.1, 0.15) is 0 Å². The minimum Gasteiger partial charge on any atom is -0.390 e. The molecule has 0 bridgehead atoms. The van der Waals surface area contributed by atoms with Gasteiger partial charge in [-0.3, -0.25) is 10.1 Å². The summed E-state index contributed by atoms with van der Waals surface area (Å²) in [5.74, 6) is -1.37. The van der Waals surface area contributed by atoms with Crippen LogP contribution in [0.3, 0.4) is 0 Å². The number of amidine groups is 1. The first kappa shape index (κ1) is 8.29. The highest BCUT2D eigenvalue weighted by Crippen LogP contribution is 2.10. The highest BCUT2D eigenvalue weighted by molar-refractivity contribution is 6.23. The van der Waals surface area contributed by atoms with E-state index in [4.69, 9.17) is 5.73 Å². The monoisotopic (exact) mass is 199 g/mol. The van der Waals surface area contributed by atoms with Gasteiger partial charge in [0.05, 0.1) is 0 Å². The maximum atomic E-state index is 11.2. The second-order valence-electron chi connectivity index (χ2n) is 2.55. The average molecular weight is 199 g/mol. The molecule has 14 heavy (non-hydrogen) atoms. The van der Waals surface area contributed by atoms with Crippen LogP contribution >= 0.6 is 0 Å². The number of hydrogen-bond donors (Lipinski definition) is 2. The maximum absolute atomic E-state index is 11.2. The average Bonchev–Trinajstić information content (AvgIpc) is 2.47. The number of nitrogens with one attached hydrogen (secondary N) is 1. The number of aliphatic imine (C=N–C) groups is 3. The summed E-state index contributed by atoms with van der Waals surface area (Å²) in [5, 5.41) is 12.5. The molecule has 1 amide bonds. The Morgan fingerprint density at radius 3 is 2.86 bits per heavy atom. The van der Waals surface area contributed by atoms with Gasteiger partial charge in [0.15, 0.2) is 0 Å². The number of rotatable bonds is 0. The van der Waals surface area contributed by atoms with Crippen LogP contribution in [0.2, 0.25) is 0 Å². The van der Waals surface area contributed by atoms with Gasteiger partial charge in [-0.1, -0.05) is 4.99 Å². The molecule has 0 aromatic heterocycles. The summed E-state index contributed by atoms with van der Waals surface area (Å²) in [6, 6.07) is -1.04. The largest absolute Gasteiger partial charge is 0.466 e. The van der Waals surface area contributed by atoms with Gasteiger partial charge in [-0.25, -0.2) is 0 Å². The summed E-state index contributed by atoms with van der Waals surface area (Å²) >= 11 is 0. The molecule has 0 aromatic carbocycles.